The smallest absolute Gasteiger partial charge is 0.152 e. The van der Waals surface area contributed by atoms with Crippen molar-refractivity contribution in [3.63, 3.8) is 0 Å². The summed E-state index contributed by atoms with van der Waals surface area (Å²) in [6.07, 6.45) is 4.94. The molecule has 4 heterocycles. The molecule has 3 aromatic heterocycles. The van der Waals surface area contributed by atoms with Gasteiger partial charge < -0.3 is 10.5 Å². The molecular weight excluding hydrogens is 354 g/mol. The average molecular weight is 377 g/mol. The van der Waals surface area contributed by atoms with E-state index in [0.717, 1.165) is 78.9 Å². The summed E-state index contributed by atoms with van der Waals surface area (Å²) in [6, 6.07) is 8.10. The highest BCUT2D eigenvalue weighted by Crippen LogP contribution is 2.30. The number of aryl methyl sites for hydroxylation is 1. The molecule has 1 fully saturated rings. The Kier molecular flexibility index (Phi) is 4.42. The zero-order chi connectivity index (χ0) is 18.9. The minimum Gasteiger partial charge on any atom is -0.382 e. The van der Waals surface area contributed by atoms with Gasteiger partial charge in [-0.15, -0.1) is 0 Å². The SMILES string of the molecule is Nc1nc2cc(-c3cc[nH]n3)ccc2c2cn(CCCN3CCOCC3)nc12. The molecule has 1 saturated heterocycles. The molecule has 4 aromatic rings. The van der Waals surface area contributed by atoms with Gasteiger partial charge in [-0.2, -0.15) is 10.2 Å². The van der Waals surface area contributed by atoms with Gasteiger partial charge in [0.25, 0.3) is 0 Å². The second-order valence-electron chi connectivity index (χ2n) is 7.15. The number of pyridine rings is 1. The van der Waals surface area contributed by atoms with Crippen molar-refractivity contribution in [2.75, 3.05) is 38.6 Å². The molecule has 0 radical (unpaired) electrons. The van der Waals surface area contributed by atoms with Crippen LogP contribution in [0.25, 0.3) is 33.1 Å². The van der Waals surface area contributed by atoms with E-state index in [4.69, 9.17) is 10.5 Å². The van der Waals surface area contributed by atoms with E-state index in [2.05, 4.69) is 43.5 Å². The Balaban J connectivity index is 1.41. The molecular formula is C20H23N7O. The van der Waals surface area contributed by atoms with Crippen LogP contribution in [0.4, 0.5) is 5.82 Å². The fourth-order valence-corrected chi connectivity index (χ4v) is 3.82. The number of nitrogen functional groups attached to an aromatic ring is 1. The molecule has 0 unspecified atom stereocenters. The van der Waals surface area contributed by atoms with Crippen LogP contribution >= 0.6 is 0 Å². The van der Waals surface area contributed by atoms with Crippen molar-refractivity contribution < 1.29 is 4.74 Å². The summed E-state index contributed by atoms with van der Waals surface area (Å²) < 4.78 is 7.39. The van der Waals surface area contributed by atoms with Gasteiger partial charge >= 0.3 is 0 Å². The number of rotatable bonds is 5. The van der Waals surface area contributed by atoms with Crippen molar-refractivity contribution >= 4 is 27.6 Å². The second-order valence-corrected chi connectivity index (χ2v) is 7.15. The van der Waals surface area contributed by atoms with E-state index < -0.39 is 0 Å². The van der Waals surface area contributed by atoms with Gasteiger partial charge in [0.2, 0.25) is 0 Å². The number of H-pyrrole nitrogens is 1. The molecule has 1 aliphatic rings. The summed E-state index contributed by atoms with van der Waals surface area (Å²) in [6.45, 7) is 5.61. The Hall–Kier alpha value is -2.97. The highest BCUT2D eigenvalue weighted by atomic mass is 16.5. The number of anilines is 1. The van der Waals surface area contributed by atoms with Crippen molar-refractivity contribution in [2.24, 2.45) is 0 Å². The molecule has 8 heteroatoms. The van der Waals surface area contributed by atoms with Crippen molar-refractivity contribution in [1.29, 1.82) is 0 Å². The predicted molar refractivity (Wildman–Crippen MR) is 109 cm³/mol. The number of nitrogens with two attached hydrogens (primary N) is 1. The van der Waals surface area contributed by atoms with Gasteiger partial charge in [-0.25, -0.2) is 4.98 Å². The standard InChI is InChI=1S/C20H23N7O/c21-20-19-16(13-27(25-19)7-1-6-26-8-10-28-11-9-26)15-3-2-14(12-18(15)23-20)17-4-5-22-24-17/h2-5,12-13H,1,6-11H2,(H2,21,23)(H,22,24). The summed E-state index contributed by atoms with van der Waals surface area (Å²) >= 11 is 0. The molecule has 5 rings (SSSR count). The third-order valence-electron chi connectivity index (χ3n) is 5.29. The molecule has 28 heavy (non-hydrogen) atoms. The Morgan fingerprint density at radius 3 is 2.82 bits per heavy atom. The summed E-state index contributed by atoms with van der Waals surface area (Å²) in [5.41, 5.74) is 9.75. The zero-order valence-electron chi connectivity index (χ0n) is 15.6. The Labute approximate surface area is 162 Å². The summed E-state index contributed by atoms with van der Waals surface area (Å²) in [4.78, 5) is 7.02. The predicted octanol–water partition coefficient (Wildman–Crippen LogP) is 2.28. The first-order valence-corrected chi connectivity index (χ1v) is 9.64. The third-order valence-corrected chi connectivity index (χ3v) is 5.29. The lowest BCUT2D eigenvalue weighted by atomic mass is 10.1. The third kappa shape index (κ3) is 3.21. The van der Waals surface area contributed by atoms with Crippen LogP contribution in [-0.4, -0.2) is 62.7 Å². The molecule has 1 aromatic carbocycles. The van der Waals surface area contributed by atoms with Gasteiger partial charge in [-0.1, -0.05) is 12.1 Å². The van der Waals surface area contributed by atoms with E-state index in [-0.39, 0.29) is 0 Å². The number of nitrogens with one attached hydrogen (secondary N) is 1. The van der Waals surface area contributed by atoms with Gasteiger partial charge in [-0.05, 0) is 18.6 Å². The molecule has 0 atom stereocenters. The second kappa shape index (κ2) is 7.21. The van der Waals surface area contributed by atoms with Gasteiger partial charge in [0.05, 0.1) is 24.4 Å². The lowest BCUT2D eigenvalue weighted by molar-refractivity contribution is 0.0368. The monoisotopic (exact) mass is 377 g/mol. The number of nitrogens with zero attached hydrogens (tertiary/aromatic N) is 5. The van der Waals surface area contributed by atoms with Crippen LogP contribution in [0.5, 0.6) is 0 Å². The van der Waals surface area contributed by atoms with Gasteiger partial charge in [0, 0.05) is 54.9 Å². The largest absolute Gasteiger partial charge is 0.382 e. The van der Waals surface area contributed by atoms with Crippen LogP contribution in [0.2, 0.25) is 0 Å². The molecule has 3 N–H and O–H groups in total. The number of hydrogen-bond acceptors (Lipinski definition) is 6. The number of hydrogen-bond donors (Lipinski definition) is 2. The molecule has 0 amide bonds. The van der Waals surface area contributed by atoms with E-state index in [0.29, 0.717) is 5.82 Å². The fourth-order valence-electron chi connectivity index (χ4n) is 3.82. The van der Waals surface area contributed by atoms with Crippen LogP contribution in [0.15, 0.2) is 36.7 Å². The van der Waals surface area contributed by atoms with Gasteiger partial charge in [0.15, 0.2) is 5.82 Å². The lowest BCUT2D eigenvalue weighted by Gasteiger charge is -2.26. The molecule has 0 spiro atoms. The zero-order valence-corrected chi connectivity index (χ0v) is 15.6. The highest BCUT2D eigenvalue weighted by Gasteiger charge is 2.13. The summed E-state index contributed by atoms with van der Waals surface area (Å²) in [5.74, 6) is 0.466. The van der Waals surface area contributed by atoms with Crippen LogP contribution in [0.1, 0.15) is 6.42 Å². The number of ether oxygens (including phenoxy) is 1. The first-order valence-electron chi connectivity index (χ1n) is 9.64. The first-order chi connectivity index (χ1) is 13.8. The van der Waals surface area contributed by atoms with Crippen molar-refractivity contribution in [3.8, 4) is 11.3 Å². The topological polar surface area (TPSA) is 97.9 Å². The highest BCUT2D eigenvalue weighted by molar-refractivity contribution is 6.08. The van der Waals surface area contributed by atoms with Gasteiger partial charge in [-0.3, -0.25) is 14.7 Å². The Bertz CT molecular complexity index is 1100. The minimum atomic E-state index is 0.466. The van der Waals surface area contributed by atoms with Crippen molar-refractivity contribution in [3.05, 3.63) is 36.7 Å². The molecule has 0 bridgehead atoms. The van der Waals surface area contributed by atoms with Crippen molar-refractivity contribution in [2.45, 2.75) is 13.0 Å². The number of morpholine rings is 1. The van der Waals surface area contributed by atoms with E-state index >= 15 is 0 Å². The number of fused-ring (bicyclic) bond motifs is 3. The van der Waals surface area contributed by atoms with Gasteiger partial charge in [0.1, 0.15) is 5.52 Å². The van der Waals surface area contributed by atoms with Crippen LogP contribution < -0.4 is 5.73 Å². The molecule has 0 aliphatic carbocycles. The van der Waals surface area contributed by atoms with E-state index in [1.165, 1.54) is 0 Å². The van der Waals surface area contributed by atoms with E-state index in [9.17, 15) is 0 Å². The normalized spacial score (nSPS) is 15.6. The maximum absolute atomic E-state index is 6.22. The molecule has 144 valence electrons. The van der Waals surface area contributed by atoms with Crippen molar-refractivity contribution in [1.82, 2.24) is 29.9 Å². The Morgan fingerprint density at radius 1 is 1.11 bits per heavy atom. The number of aromatic amines is 1. The summed E-state index contributed by atoms with van der Waals surface area (Å²) in [7, 11) is 0. The maximum Gasteiger partial charge on any atom is 0.152 e. The first kappa shape index (κ1) is 17.2. The Morgan fingerprint density at radius 2 is 2.00 bits per heavy atom. The number of benzene rings is 1. The molecule has 8 nitrogen and oxygen atoms in total. The van der Waals surface area contributed by atoms with E-state index in [1.54, 1.807) is 0 Å². The van der Waals surface area contributed by atoms with E-state index in [1.807, 2.05) is 23.0 Å². The van der Waals surface area contributed by atoms with Crippen LogP contribution in [0.3, 0.4) is 0 Å². The number of aromatic nitrogens is 5. The summed E-state index contributed by atoms with van der Waals surface area (Å²) in [5, 5.41) is 13.9. The molecule has 1 aliphatic heterocycles. The fraction of sp³-hybridized carbons (Fsp3) is 0.350. The quantitative estimate of drug-likeness (QED) is 0.554. The molecule has 0 saturated carbocycles. The maximum atomic E-state index is 6.22. The van der Waals surface area contributed by atoms with Crippen LogP contribution in [-0.2, 0) is 11.3 Å². The lowest BCUT2D eigenvalue weighted by Crippen LogP contribution is -2.37. The average Bonchev–Trinajstić information content (AvgIpc) is 3.39. The minimum absolute atomic E-state index is 0.466. The van der Waals surface area contributed by atoms with Crippen LogP contribution in [0, 0.1) is 0 Å².